The van der Waals surface area contributed by atoms with Gasteiger partial charge in [0.15, 0.2) is 0 Å². The van der Waals surface area contributed by atoms with Crippen LogP contribution in [-0.4, -0.2) is 47.8 Å². The molecule has 0 bridgehead atoms. The zero-order valence-electron chi connectivity index (χ0n) is 17.1. The third-order valence-corrected chi connectivity index (χ3v) is 6.78. The molecule has 0 spiro atoms. The molecule has 2 aliphatic rings. The Kier molecular flexibility index (Phi) is 6.18. The summed E-state index contributed by atoms with van der Waals surface area (Å²) in [6.45, 7) is 3.11. The molecule has 1 atom stereocenters. The van der Waals surface area contributed by atoms with Crippen molar-refractivity contribution in [2.75, 3.05) is 13.1 Å². The maximum Gasteiger partial charge on any atom is 0.262 e. The molecule has 7 heteroatoms. The third-order valence-electron chi connectivity index (χ3n) is 5.91. The van der Waals surface area contributed by atoms with Crippen LogP contribution in [0.15, 0.2) is 41.8 Å². The Hall–Kier alpha value is -2.67. The highest BCUT2D eigenvalue weighted by Crippen LogP contribution is 2.25. The van der Waals surface area contributed by atoms with E-state index in [1.165, 1.54) is 11.3 Å². The zero-order valence-corrected chi connectivity index (χ0v) is 17.9. The molecule has 158 valence electrons. The molecular weight excluding hydrogens is 398 g/mol. The summed E-state index contributed by atoms with van der Waals surface area (Å²) >= 11 is 1.36. The van der Waals surface area contributed by atoms with E-state index >= 15 is 0 Å². The van der Waals surface area contributed by atoms with E-state index in [1.807, 2.05) is 47.5 Å². The van der Waals surface area contributed by atoms with Crippen LogP contribution < -0.4 is 10.6 Å². The zero-order chi connectivity index (χ0) is 21.1. The van der Waals surface area contributed by atoms with Crippen molar-refractivity contribution in [3.63, 3.8) is 0 Å². The van der Waals surface area contributed by atoms with Gasteiger partial charge in [0, 0.05) is 24.7 Å². The van der Waals surface area contributed by atoms with Gasteiger partial charge in [-0.3, -0.25) is 14.4 Å². The summed E-state index contributed by atoms with van der Waals surface area (Å²) in [6, 6.07) is 10.9. The van der Waals surface area contributed by atoms with Crippen LogP contribution >= 0.6 is 11.3 Å². The van der Waals surface area contributed by atoms with Crippen molar-refractivity contribution in [2.24, 2.45) is 5.92 Å². The van der Waals surface area contributed by atoms with Gasteiger partial charge in [0.1, 0.15) is 6.04 Å². The Bertz CT molecular complexity index is 916. The lowest BCUT2D eigenvalue weighted by Gasteiger charge is -2.36. The number of piperidine rings is 1. The van der Waals surface area contributed by atoms with Crippen molar-refractivity contribution in [3.8, 4) is 0 Å². The number of amides is 3. The molecule has 2 fully saturated rings. The van der Waals surface area contributed by atoms with Crippen molar-refractivity contribution in [2.45, 2.75) is 44.7 Å². The Balaban J connectivity index is 1.42. The molecular formula is C23H27N3O3S. The highest BCUT2D eigenvalue weighted by atomic mass is 32.1. The van der Waals surface area contributed by atoms with Gasteiger partial charge in [-0.2, -0.15) is 0 Å². The van der Waals surface area contributed by atoms with Gasteiger partial charge in [-0.25, -0.2) is 0 Å². The van der Waals surface area contributed by atoms with Gasteiger partial charge in [0.05, 0.1) is 4.88 Å². The van der Waals surface area contributed by atoms with Gasteiger partial charge in [-0.15, -0.1) is 11.3 Å². The number of hydrogen-bond donors (Lipinski definition) is 2. The van der Waals surface area contributed by atoms with E-state index in [0.717, 1.165) is 24.0 Å². The predicted octanol–water partition coefficient (Wildman–Crippen LogP) is 2.99. The normalized spacial score (nSPS) is 18.0. The number of carbonyl (C=O) groups excluding carboxylic acids is 3. The number of thiophene rings is 1. The number of hydrogen-bond acceptors (Lipinski definition) is 4. The molecule has 2 N–H and O–H groups in total. The molecule has 2 aromatic rings. The smallest absolute Gasteiger partial charge is 0.262 e. The lowest BCUT2D eigenvalue weighted by atomic mass is 9.88. The molecule has 1 aromatic heterocycles. The number of nitrogens with zero attached hydrogens (tertiary/aromatic N) is 1. The first-order valence-corrected chi connectivity index (χ1v) is 11.4. The van der Waals surface area contributed by atoms with Crippen LogP contribution in [0.1, 0.15) is 51.3 Å². The quantitative estimate of drug-likeness (QED) is 0.747. The van der Waals surface area contributed by atoms with Gasteiger partial charge in [-0.05, 0) is 61.6 Å². The molecule has 0 radical (unpaired) electrons. The number of likely N-dealkylation sites (tertiary alicyclic amines) is 1. The second-order valence-corrected chi connectivity index (χ2v) is 9.10. The van der Waals surface area contributed by atoms with Crippen molar-refractivity contribution in [1.29, 1.82) is 0 Å². The maximum atomic E-state index is 12.9. The van der Waals surface area contributed by atoms with Crippen molar-refractivity contribution >= 4 is 29.1 Å². The molecule has 1 aliphatic carbocycles. The second-order valence-electron chi connectivity index (χ2n) is 8.16. The number of benzene rings is 1. The fraction of sp³-hybridized carbons (Fsp3) is 0.435. The predicted molar refractivity (Wildman–Crippen MR) is 117 cm³/mol. The standard InChI is InChI=1S/C23H27N3O3S/c1-15-5-2-3-6-18(15)23(29)26-12-10-16(11-13-26)20(22(28)24-17-8-9-17)25-21(27)19-7-4-14-30-19/h2-7,14,16-17,20H,8-13H2,1H3,(H,24,28)(H,25,27)/t20-/m0/s1. The summed E-state index contributed by atoms with van der Waals surface area (Å²) in [4.78, 5) is 40.8. The molecule has 0 unspecified atom stereocenters. The van der Waals surface area contributed by atoms with E-state index in [0.29, 0.717) is 30.8 Å². The first kappa shape index (κ1) is 20.6. The van der Waals surface area contributed by atoms with Gasteiger partial charge in [-0.1, -0.05) is 24.3 Å². The highest BCUT2D eigenvalue weighted by molar-refractivity contribution is 7.12. The summed E-state index contributed by atoms with van der Waals surface area (Å²) < 4.78 is 0. The number of aryl methyl sites for hydroxylation is 1. The molecule has 30 heavy (non-hydrogen) atoms. The first-order chi connectivity index (χ1) is 14.5. The van der Waals surface area contributed by atoms with Gasteiger partial charge >= 0.3 is 0 Å². The first-order valence-electron chi connectivity index (χ1n) is 10.5. The van der Waals surface area contributed by atoms with Crippen LogP contribution in [0.4, 0.5) is 0 Å². The second kappa shape index (κ2) is 9.00. The van der Waals surface area contributed by atoms with Crippen LogP contribution in [-0.2, 0) is 4.79 Å². The minimum atomic E-state index is -0.573. The van der Waals surface area contributed by atoms with Crippen LogP contribution in [0.5, 0.6) is 0 Å². The summed E-state index contributed by atoms with van der Waals surface area (Å²) in [5.74, 6) is -0.271. The highest BCUT2D eigenvalue weighted by Gasteiger charge is 2.36. The molecule has 4 rings (SSSR count). The number of carbonyl (C=O) groups is 3. The van der Waals surface area contributed by atoms with Crippen molar-refractivity contribution < 1.29 is 14.4 Å². The Morgan fingerprint density at radius 1 is 1.03 bits per heavy atom. The van der Waals surface area contributed by atoms with Gasteiger partial charge < -0.3 is 15.5 Å². The fourth-order valence-electron chi connectivity index (χ4n) is 3.96. The van der Waals surface area contributed by atoms with Crippen molar-refractivity contribution in [1.82, 2.24) is 15.5 Å². The molecule has 1 saturated carbocycles. The van der Waals surface area contributed by atoms with E-state index < -0.39 is 6.04 Å². The van der Waals surface area contributed by atoms with Crippen LogP contribution in [0.2, 0.25) is 0 Å². The number of nitrogens with one attached hydrogen (secondary N) is 2. The Labute approximate surface area is 180 Å². The molecule has 1 saturated heterocycles. The minimum absolute atomic E-state index is 0.00795. The fourth-order valence-corrected chi connectivity index (χ4v) is 4.58. The summed E-state index contributed by atoms with van der Waals surface area (Å²) in [5, 5.41) is 7.85. The molecule has 1 aromatic carbocycles. The Morgan fingerprint density at radius 2 is 1.77 bits per heavy atom. The van der Waals surface area contributed by atoms with Gasteiger partial charge in [0.25, 0.3) is 11.8 Å². The topological polar surface area (TPSA) is 78.5 Å². The number of rotatable bonds is 6. The van der Waals surface area contributed by atoms with Crippen LogP contribution in [0.3, 0.4) is 0 Å². The summed E-state index contributed by atoms with van der Waals surface area (Å²) in [6.07, 6.45) is 3.37. The van der Waals surface area contributed by atoms with E-state index in [-0.39, 0.29) is 29.7 Å². The Morgan fingerprint density at radius 3 is 2.40 bits per heavy atom. The summed E-state index contributed by atoms with van der Waals surface area (Å²) in [5.41, 5.74) is 1.69. The van der Waals surface area contributed by atoms with Crippen LogP contribution in [0, 0.1) is 12.8 Å². The van der Waals surface area contributed by atoms with E-state index in [2.05, 4.69) is 10.6 Å². The average molecular weight is 426 g/mol. The average Bonchev–Trinajstić information content (AvgIpc) is 3.39. The largest absolute Gasteiger partial charge is 0.352 e. The molecule has 2 heterocycles. The molecule has 3 amide bonds. The monoisotopic (exact) mass is 425 g/mol. The lowest BCUT2D eigenvalue weighted by Crippen LogP contribution is -2.54. The lowest BCUT2D eigenvalue weighted by molar-refractivity contribution is -0.124. The van der Waals surface area contributed by atoms with Crippen LogP contribution in [0.25, 0.3) is 0 Å². The minimum Gasteiger partial charge on any atom is -0.352 e. The molecule has 6 nitrogen and oxygen atoms in total. The molecule has 1 aliphatic heterocycles. The maximum absolute atomic E-state index is 12.9. The van der Waals surface area contributed by atoms with Gasteiger partial charge in [0.2, 0.25) is 5.91 Å². The van der Waals surface area contributed by atoms with E-state index in [1.54, 1.807) is 6.07 Å². The van der Waals surface area contributed by atoms with Crippen molar-refractivity contribution in [3.05, 3.63) is 57.8 Å². The SMILES string of the molecule is Cc1ccccc1C(=O)N1CCC([C@H](NC(=O)c2cccs2)C(=O)NC2CC2)CC1. The third kappa shape index (κ3) is 4.73. The summed E-state index contributed by atoms with van der Waals surface area (Å²) in [7, 11) is 0. The van der Waals surface area contributed by atoms with E-state index in [9.17, 15) is 14.4 Å². The van der Waals surface area contributed by atoms with E-state index in [4.69, 9.17) is 0 Å².